The van der Waals surface area contributed by atoms with Gasteiger partial charge in [0.25, 0.3) is 0 Å². The smallest absolute Gasteiger partial charge is 0.317 e. The van der Waals surface area contributed by atoms with Gasteiger partial charge < -0.3 is 15.3 Å². The van der Waals surface area contributed by atoms with Crippen LogP contribution in [0, 0.1) is 5.82 Å². The van der Waals surface area contributed by atoms with Crippen LogP contribution in [0.5, 0.6) is 0 Å². The third-order valence-corrected chi connectivity index (χ3v) is 2.87. The number of hydrogen-bond acceptors (Lipinski definition) is 2. The summed E-state index contributed by atoms with van der Waals surface area (Å²) in [6, 6.07) is 4.06. The van der Waals surface area contributed by atoms with Gasteiger partial charge in [0, 0.05) is 19.6 Å². The molecular formula is C13H18ClFN2O2. The van der Waals surface area contributed by atoms with Gasteiger partial charge in [0.2, 0.25) is 0 Å². The van der Waals surface area contributed by atoms with E-state index in [0.717, 1.165) is 12.0 Å². The molecule has 0 atom stereocenters. The minimum Gasteiger partial charge on any atom is -0.395 e. The number of rotatable bonds is 6. The summed E-state index contributed by atoms with van der Waals surface area (Å²) < 4.78 is 13.0. The number of amides is 2. The third kappa shape index (κ3) is 5.04. The summed E-state index contributed by atoms with van der Waals surface area (Å²) in [5.41, 5.74) is 0.722. The maximum absolute atomic E-state index is 13.0. The van der Waals surface area contributed by atoms with Crippen LogP contribution in [0.2, 0.25) is 5.02 Å². The van der Waals surface area contributed by atoms with Crippen LogP contribution < -0.4 is 5.32 Å². The molecule has 0 radical (unpaired) electrons. The van der Waals surface area contributed by atoms with Crippen molar-refractivity contribution < 1.29 is 14.3 Å². The molecule has 0 aliphatic heterocycles. The van der Waals surface area contributed by atoms with Gasteiger partial charge in [0.05, 0.1) is 11.6 Å². The maximum atomic E-state index is 13.0. The predicted molar refractivity (Wildman–Crippen MR) is 72.6 cm³/mol. The summed E-state index contributed by atoms with van der Waals surface area (Å²) in [5, 5.41) is 11.6. The number of nitrogens with zero attached hydrogens (tertiary/aromatic N) is 1. The van der Waals surface area contributed by atoms with Crippen molar-refractivity contribution >= 4 is 17.6 Å². The van der Waals surface area contributed by atoms with Crippen molar-refractivity contribution in [2.45, 2.75) is 19.9 Å². The minimum atomic E-state index is -0.482. The molecule has 0 unspecified atom stereocenters. The van der Waals surface area contributed by atoms with Gasteiger partial charge in [-0.05, 0) is 24.1 Å². The average Bonchev–Trinajstić information content (AvgIpc) is 2.39. The first kappa shape index (κ1) is 15.7. The highest BCUT2D eigenvalue weighted by molar-refractivity contribution is 6.30. The van der Waals surface area contributed by atoms with Crippen molar-refractivity contribution in [2.75, 3.05) is 19.7 Å². The Bertz CT molecular complexity index is 423. The highest BCUT2D eigenvalue weighted by Gasteiger charge is 2.11. The van der Waals surface area contributed by atoms with Gasteiger partial charge in [-0.3, -0.25) is 0 Å². The van der Waals surface area contributed by atoms with Crippen molar-refractivity contribution in [3.63, 3.8) is 0 Å². The Morgan fingerprint density at radius 3 is 2.79 bits per heavy atom. The van der Waals surface area contributed by atoms with Crippen LogP contribution in [-0.2, 0) is 6.54 Å². The monoisotopic (exact) mass is 288 g/mol. The molecule has 2 N–H and O–H groups in total. The molecule has 0 bridgehead atoms. The highest BCUT2D eigenvalue weighted by atomic mass is 35.5. The van der Waals surface area contributed by atoms with Crippen LogP contribution >= 0.6 is 11.6 Å². The molecule has 0 aliphatic rings. The Morgan fingerprint density at radius 1 is 1.47 bits per heavy atom. The SMILES string of the molecule is CCCN(CCO)C(=O)NCc1ccc(F)c(Cl)c1. The summed E-state index contributed by atoms with van der Waals surface area (Å²) in [7, 11) is 0. The number of carbonyl (C=O) groups excluding carboxylic acids is 1. The fourth-order valence-electron chi connectivity index (χ4n) is 1.64. The molecule has 0 aliphatic carbocycles. The molecule has 0 aromatic heterocycles. The zero-order chi connectivity index (χ0) is 14.3. The van der Waals surface area contributed by atoms with Gasteiger partial charge >= 0.3 is 6.03 Å². The Hall–Kier alpha value is -1.33. The molecule has 1 aromatic rings. The molecule has 4 nitrogen and oxygen atoms in total. The second-order valence-electron chi connectivity index (χ2n) is 4.12. The molecule has 19 heavy (non-hydrogen) atoms. The number of benzene rings is 1. The van der Waals surface area contributed by atoms with Crippen molar-refractivity contribution in [2.24, 2.45) is 0 Å². The van der Waals surface area contributed by atoms with Gasteiger partial charge in [-0.15, -0.1) is 0 Å². The van der Waals surface area contributed by atoms with Crippen molar-refractivity contribution in [3.8, 4) is 0 Å². The standard InChI is InChI=1S/C13H18ClFN2O2/c1-2-5-17(6-7-18)13(19)16-9-10-3-4-12(15)11(14)8-10/h3-4,8,18H,2,5-7,9H2,1H3,(H,16,19). The van der Waals surface area contributed by atoms with E-state index in [2.05, 4.69) is 5.32 Å². The first-order chi connectivity index (χ1) is 9.08. The lowest BCUT2D eigenvalue weighted by atomic mass is 10.2. The molecule has 2 amide bonds. The van der Waals surface area contributed by atoms with E-state index in [-0.39, 0.29) is 24.2 Å². The second kappa shape index (κ2) is 7.96. The average molecular weight is 289 g/mol. The summed E-state index contributed by atoms with van der Waals surface area (Å²) in [5.74, 6) is -0.482. The molecule has 1 rings (SSSR count). The number of aliphatic hydroxyl groups is 1. The van der Waals surface area contributed by atoms with E-state index in [1.165, 1.54) is 17.0 Å². The van der Waals surface area contributed by atoms with Gasteiger partial charge in [-0.1, -0.05) is 24.6 Å². The minimum absolute atomic E-state index is 0.0347. The third-order valence-electron chi connectivity index (χ3n) is 2.58. The Kier molecular flexibility index (Phi) is 6.59. The van der Waals surface area contributed by atoms with E-state index in [1.54, 1.807) is 6.07 Å². The number of urea groups is 1. The van der Waals surface area contributed by atoms with E-state index < -0.39 is 5.82 Å². The molecular weight excluding hydrogens is 271 g/mol. The first-order valence-corrected chi connectivity index (χ1v) is 6.53. The van der Waals surface area contributed by atoms with E-state index >= 15 is 0 Å². The number of carbonyl (C=O) groups is 1. The van der Waals surface area contributed by atoms with Crippen LogP contribution in [0.4, 0.5) is 9.18 Å². The molecule has 0 fully saturated rings. The Morgan fingerprint density at radius 2 is 2.21 bits per heavy atom. The van der Waals surface area contributed by atoms with Crippen LogP contribution in [-0.4, -0.2) is 35.7 Å². The van der Waals surface area contributed by atoms with Crippen LogP contribution in [0.1, 0.15) is 18.9 Å². The summed E-state index contributed by atoms with van der Waals surface area (Å²) in [6.07, 6.45) is 0.815. The molecule has 0 heterocycles. The van der Waals surface area contributed by atoms with Gasteiger partial charge in [0.15, 0.2) is 0 Å². The molecule has 6 heteroatoms. The molecule has 0 saturated carbocycles. The molecule has 1 aromatic carbocycles. The van der Waals surface area contributed by atoms with E-state index in [1.807, 2.05) is 6.92 Å². The van der Waals surface area contributed by atoms with Crippen molar-refractivity contribution in [1.82, 2.24) is 10.2 Å². The molecule has 0 spiro atoms. The van der Waals surface area contributed by atoms with Crippen molar-refractivity contribution in [3.05, 3.63) is 34.6 Å². The molecule has 0 saturated heterocycles. The normalized spacial score (nSPS) is 10.3. The summed E-state index contributed by atoms with van der Waals surface area (Å²) in [4.78, 5) is 13.4. The second-order valence-corrected chi connectivity index (χ2v) is 4.53. The first-order valence-electron chi connectivity index (χ1n) is 6.16. The maximum Gasteiger partial charge on any atom is 0.317 e. The number of nitrogens with one attached hydrogen (secondary N) is 1. The quantitative estimate of drug-likeness (QED) is 0.844. The number of halogens is 2. The fourth-order valence-corrected chi connectivity index (χ4v) is 1.85. The topological polar surface area (TPSA) is 52.6 Å². The van der Waals surface area contributed by atoms with Crippen LogP contribution in [0.15, 0.2) is 18.2 Å². The Labute approximate surface area is 117 Å². The van der Waals surface area contributed by atoms with Gasteiger partial charge in [0.1, 0.15) is 5.82 Å². The predicted octanol–water partition coefficient (Wildman–Crippen LogP) is 2.39. The fraction of sp³-hybridized carbons (Fsp3) is 0.462. The lowest BCUT2D eigenvalue weighted by Gasteiger charge is -2.21. The lowest BCUT2D eigenvalue weighted by Crippen LogP contribution is -2.41. The van der Waals surface area contributed by atoms with Crippen LogP contribution in [0.3, 0.4) is 0 Å². The van der Waals surface area contributed by atoms with Gasteiger partial charge in [-0.25, -0.2) is 9.18 Å². The zero-order valence-electron chi connectivity index (χ0n) is 10.8. The van der Waals surface area contributed by atoms with E-state index in [9.17, 15) is 9.18 Å². The number of hydrogen-bond donors (Lipinski definition) is 2. The zero-order valence-corrected chi connectivity index (χ0v) is 11.6. The summed E-state index contributed by atoms with van der Waals surface area (Å²) >= 11 is 5.66. The highest BCUT2D eigenvalue weighted by Crippen LogP contribution is 2.15. The largest absolute Gasteiger partial charge is 0.395 e. The van der Waals surface area contributed by atoms with Gasteiger partial charge in [-0.2, -0.15) is 0 Å². The number of aliphatic hydroxyl groups excluding tert-OH is 1. The van der Waals surface area contributed by atoms with E-state index in [0.29, 0.717) is 13.1 Å². The summed E-state index contributed by atoms with van der Waals surface area (Å²) in [6.45, 7) is 3.03. The lowest BCUT2D eigenvalue weighted by molar-refractivity contribution is 0.177. The van der Waals surface area contributed by atoms with E-state index in [4.69, 9.17) is 16.7 Å². The molecule has 106 valence electrons. The van der Waals surface area contributed by atoms with Crippen LogP contribution in [0.25, 0.3) is 0 Å². The van der Waals surface area contributed by atoms with Crippen molar-refractivity contribution in [1.29, 1.82) is 0 Å². The Balaban J connectivity index is 2.54.